The molecule has 0 radical (unpaired) electrons. The van der Waals surface area contributed by atoms with Crippen molar-refractivity contribution in [3.63, 3.8) is 0 Å². The fourth-order valence-electron chi connectivity index (χ4n) is 2.57. The highest BCUT2D eigenvalue weighted by Crippen LogP contribution is 2.38. The second kappa shape index (κ2) is 4.62. The zero-order chi connectivity index (χ0) is 15.3. The van der Waals surface area contributed by atoms with Gasteiger partial charge < -0.3 is 5.84 Å². The lowest BCUT2D eigenvalue weighted by Gasteiger charge is -2.09. The third-order valence-electron chi connectivity index (χ3n) is 3.93. The Hall–Kier alpha value is -2.76. The highest BCUT2D eigenvalue weighted by Gasteiger charge is 2.28. The Kier molecular flexibility index (Phi) is 2.72. The molecule has 2 N–H and O–H groups in total. The van der Waals surface area contributed by atoms with Gasteiger partial charge in [-0.15, -0.1) is 0 Å². The summed E-state index contributed by atoms with van der Waals surface area (Å²) >= 11 is 0. The van der Waals surface area contributed by atoms with Crippen molar-refractivity contribution in [1.82, 2.24) is 14.6 Å². The molecular formula is C16H13FN4O. The fraction of sp³-hybridized carbons (Fsp3) is 0.188. The second-order valence-corrected chi connectivity index (χ2v) is 5.52. The molecular weight excluding hydrogens is 283 g/mol. The molecule has 1 aromatic carbocycles. The maximum absolute atomic E-state index is 12.9. The predicted octanol–water partition coefficient (Wildman–Crippen LogP) is 2.19. The van der Waals surface area contributed by atoms with Crippen LogP contribution in [0.5, 0.6) is 0 Å². The van der Waals surface area contributed by atoms with Gasteiger partial charge in [-0.05, 0) is 42.7 Å². The number of benzene rings is 1. The van der Waals surface area contributed by atoms with Crippen molar-refractivity contribution >= 4 is 10.9 Å². The number of fused-ring (bicyclic) bond motifs is 1. The summed E-state index contributed by atoms with van der Waals surface area (Å²) < 4.78 is 14.1. The monoisotopic (exact) mass is 296 g/mol. The zero-order valence-electron chi connectivity index (χ0n) is 11.7. The number of pyridine rings is 1. The van der Waals surface area contributed by atoms with Gasteiger partial charge in [0.15, 0.2) is 0 Å². The van der Waals surface area contributed by atoms with Gasteiger partial charge in [0.05, 0.1) is 10.9 Å². The molecule has 6 heteroatoms. The number of hydrogen-bond acceptors (Lipinski definition) is 4. The first-order valence-corrected chi connectivity index (χ1v) is 7.07. The minimum absolute atomic E-state index is 0.260. The molecule has 22 heavy (non-hydrogen) atoms. The van der Waals surface area contributed by atoms with Crippen molar-refractivity contribution in [3.05, 3.63) is 58.7 Å². The highest BCUT2D eigenvalue weighted by molar-refractivity contribution is 5.83. The van der Waals surface area contributed by atoms with Gasteiger partial charge in [0.2, 0.25) is 5.95 Å². The van der Waals surface area contributed by atoms with Crippen LogP contribution < -0.4 is 11.4 Å². The number of halogens is 1. The number of hydrogen-bond donors (Lipinski definition) is 1. The average Bonchev–Trinajstić information content (AvgIpc) is 3.36. The van der Waals surface area contributed by atoms with E-state index in [1.807, 2.05) is 6.07 Å². The third kappa shape index (κ3) is 2.04. The van der Waals surface area contributed by atoms with E-state index in [0.29, 0.717) is 22.6 Å². The van der Waals surface area contributed by atoms with Crippen molar-refractivity contribution in [2.45, 2.75) is 18.8 Å². The maximum Gasteiger partial charge on any atom is 0.279 e. The van der Waals surface area contributed by atoms with E-state index >= 15 is 0 Å². The van der Waals surface area contributed by atoms with Crippen molar-refractivity contribution in [1.29, 1.82) is 0 Å². The Labute approximate surface area is 125 Å². The number of nitrogen functional groups attached to an aromatic ring is 1. The van der Waals surface area contributed by atoms with Crippen LogP contribution in [-0.2, 0) is 0 Å². The molecule has 0 atom stereocenters. The van der Waals surface area contributed by atoms with E-state index in [4.69, 9.17) is 5.84 Å². The van der Waals surface area contributed by atoms with E-state index in [2.05, 4.69) is 9.97 Å². The van der Waals surface area contributed by atoms with E-state index in [-0.39, 0.29) is 5.56 Å². The van der Waals surface area contributed by atoms with Crippen molar-refractivity contribution in [2.24, 2.45) is 0 Å². The summed E-state index contributed by atoms with van der Waals surface area (Å²) in [4.78, 5) is 20.6. The zero-order valence-corrected chi connectivity index (χ0v) is 11.7. The van der Waals surface area contributed by atoms with Gasteiger partial charge in [-0.25, -0.2) is 14.6 Å². The maximum atomic E-state index is 12.9. The molecule has 4 rings (SSSR count). The SMILES string of the molecule is Nn1c(C2CC2)nc2ccc(-c3ccc(F)nc3)cc2c1=O. The van der Waals surface area contributed by atoms with E-state index in [0.717, 1.165) is 28.6 Å². The lowest BCUT2D eigenvalue weighted by atomic mass is 10.1. The fourth-order valence-corrected chi connectivity index (χ4v) is 2.57. The normalized spacial score (nSPS) is 14.4. The summed E-state index contributed by atoms with van der Waals surface area (Å²) in [5.41, 5.74) is 1.88. The van der Waals surface area contributed by atoms with Crippen LogP contribution in [-0.4, -0.2) is 14.6 Å². The van der Waals surface area contributed by atoms with Crippen LogP contribution >= 0.6 is 0 Å². The minimum atomic E-state index is -0.537. The summed E-state index contributed by atoms with van der Waals surface area (Å²) in [7, 11) is 0. The molecule has 1 aliphatic carbocycles. The van der Waals surface area contributed by atoms with Crippen LogP contribution in [0, 0.1) is 5.95 Å². The van der Waals surface area contributed by atoms with Crippen LogP contribution in [0.3, 0.4) is 0 Å². The minimum Gasteiger partial charge on any atom is -0.335 e. The standard InChI is InChI=1S/C16H13FN4O/c17-14-6-4-11(8-19-14)10-3-5-13-12(7-10)16(22)21(18)15(20-13)9-1-2-9/h3-9H,1-2,18H2. The molecule has 1 aliphatic rings. The molecule has 0 aliphatic heterocycles. The van der Waals surface area contributed by atoms with Gasteiger partial charge >= 0.3 is 0 Å². The van der Waals surface area contributed by atoms with Gasteiger partial charge in [0.25, 0.3) is 5.56 Å². The van der Waals surface area contributed by atoms with Gasteiger partial charge in [-0.3, -0.25) is 4.79 Å². The lowest BCUT2D eigenvalue weighted by Crippen LogP contribution is -2.31. The Bertz CT molecular complexity index is 929. The first-order chi connectivity index (χ1) is 10.6. The molecule has 2 heterocycles. The van der Waals surface area contributed by atoms with E-state index in [9.17, 15) is 9.18 Å². The van der Waals surface area contributed by atoms with Crippen molar-refractivity contribution in [2.75, 3.05) is 5.84 Å². The Morgan fingerprint density at radius 2 is 1.95 bits per heavy atom. The third-order valence-corrected chi connectivity index (χ3v) is 3.93. The number of nitrogens with two attached hydrogens (primary N) is 1. The molecule has 2 aromatic heterocycles. The Morgan fingerprint density at radius 1 is 1.18 bits per heavy atom. The van der Waals surface area contributed by atoms with Crippen LogP contribution in [0.4, 0.5) is 4.39 Å². The van der Waals surface area contributed by atoms with E-state index in [1.54, 1.807) is 18.2 Å². The Balaban J connectivity index is 1.90. The molecule has 5 nitrogen and oxygen atoms in total. The number of rotatable bonds is 2. The molecule has 1 fully saturated rings. The van der Waals surface area contributed by atoms with Gasteiger partial charge in [0.1, 0.15) is 5.82 Å². The number of nitrogens with zero attached hydrogens (tertiary/aromatic N) is 3. The van der Waals surface area contributed by atoms with Crippen LogP contribution in [0.15, 0.2) is 41.3 Å². The molecule has 1 saturated carbocycles. The summed E-state index contributed by atoms with van der Waals surface area (Å²) in [5.74, 6) is 6.28. The van der Waals surface area contributed by atoms with E-state index < -0.39 is 5.95 Å². The molecule has 0 spiro atoms. The van der Waals surface area contributed by atoms with Gasteiger partial charge in [-0.2, -0.15) is 4.39 Å². The molecule has 0 unspecified atom stereocenters. The van der Waals surface area contributed by atoms with Gasteiger partial charge in [-0.1, -0.05) is 6.07 Å². The summed E-state index contributed by atoms with van der Waals surface area (Å²) in [5, 5.41) is 0.453. The first kappa shape index (κ1) is 12.9. The van der Waals surface area contributed by atoms with Crippen molar-refractivity contribution < 1.29 is 4.39 Å². The molecule has 0 bridgehead atoms. The number of aromatic nitrogens is 3. The summed E-state index contributed by atoms with van der Waals surface area (Å²) in [6, 6.07) is 8.27. The summed E-state index contributed by atoms with van der Waals surface area (Å²) in [6.07, 6.45) is 3.48. The largest absolute Gasteiger partial charge is 0.335 e. The predicted molar refractivity (Wildman–Crippen MR) is 81.3 cm³/mol. The average molecular weight is 296 g/mol. The molecule has 3 aromatic rings. The van der Waals surface area contributed by atoms with E-state index in [1.165, 1.54) is 12.3 Å². The smallest absolute Gasteiger partial charge is 0.279 e. The summed E-state index contributed by atoms with van der Waals surface area (Å²) in [6.45, 7) is 0. The molecule has 110 valence electrons. The van der Waals surface area contributed by atoms with Gasteiger partial charge in [0, 0.05) is 17.7 Å². The van der Waals surface area contributed by atoms with Crippen LogP contribution in [0.1, 0.15) is 24.6 Å². The molecule has 0 amide bonds. The van der Waals surface area contributed by atoms with Crippen LogP contribution in [0.2, 0.25) is 0 Å². The quantitative estimate of drug-likeness (QED) is 0.581. The second-order valence-electron chi connectivity index (χ2n) is 5.52. The Morgan fingerprint density at radius 3 is 2.64 bits per heavy atom. The molecule has 0 saturated heterocycles. The highest BCUT2D eigenvalue weighted by atomic mass is 19.1. The topological polar surface area (TPSA) is 73.8 Å². The lowest BCUT2D eigenvalue weighted by molar-refractivity contribution is 0.584. The van der Waals surface area contributed by atoms with Crippen LogP contribution in [0.25, 0.3) is 22.0 Å². The van der Waals surface area contributed by atoms with Crippen molar-refractivity contribution in [3.8, 4) is 11.1 Å². The first-order valence-electron chi connectivity index (χ1n) is 7.07.